The molecule has 25 heavy (non-hydrogen) atoms. The molecule has 0 saturated carbocycles. The van der Waals surface area contributed by atoms with E-state index in [2.05, 4.69) is 10.00 Å². The maximum absolute atomic E-state index is 12.9. The second-order valence-corrected chi connectivity index (χ2v) is 6.12. The third-order valence-electron chi connectivity index (χ3n) is 4.26. The molecule has 1 aromatic carbocycles. The highest BCUT2D eigenvalue weighted by Crippen LogP contribution is 2.19. The van der Waals surface area contributed by atoms with Gasteiger partial charge in [-0.2, -0.15) is 5.10 Å². The molecule has 0 atom stereocenters. The van der Waals surface area contributed by atoms with E-state index < -0.39 is 0 Å². The lowest BCUT2D eigenvalue weighted by Gasteiger charge is -2.29. The van der Waals surface area contributed by atoms with Crippen molar-refractivity contribution in [3.8, 4) is 0 Å². The summed E-state index contributed by atoms with van der Waals surface area (Å²) >= 11 is 0. The minimum absolute atomic E-state index is 0.0742. The van der Waals surface area contributed by atoms with E-state index in [0.29, 0.717) is 25.3 Å². The summed E-state index contributed by atoms with van der Waals surface area (Å²) in [5.41, 5.74) is 2.59. The van der Waals surface area contributed by atoms with Gasteiger partial charge in [0.25, 0.3) is 5.91 Å². The molecule has 0 radical (unpaired) electrons. The first-order valence-corrected chi connectivity index (χ1v) is 8.48. The number of rotatable bonds is 6. The topological polar surface area (TPSA) is 70.8 Å². The lowest BCUT2D eigenvalue weighted by Crippen LogP contribution is -2.36. The third-order valence-corrected chi connectivity index (χ3v) is 4.26. The number of aliphatic hydroxyl groups is 1. The van der Waals surface area contributed by atoms with Gasteiger partial charge in [-0.1, -0.05) is 6.07 Å². The minimum atomic E-state index is -0.0898. The van der Waals surface area contributed by atoms with E-state index in [1.165, 1.54) is 0 Å². The molecule has 7 nitrogen and oxygen atoms in total. The van der Waals surface area contributed by atoms with Crippen LogP contribution in [0, 0.1) is 0 Å². The maximum Gasteiger partial charge on any atom is 0.254 e. The molecule has 1 saturated heterocycles. The van der Waals surface area contributed by atoms with Gasteiger partial charge in [-0.3, -0.25) is 9.48 Å². The molecule has 2 heterocycles. The van der Waals surface area contributed by atoms with Crippen molar-refractivity contribution in [2.24, 2.45) is 7.05 Å². The molecule has 1 fully saturated rings. The van der Waals surface area contributed by atoms with Crippen molar-refractivity contribution in [1.29, 1.82) is 0 Å². The number of aryl methyl sites for hydroxylation is 1. The molecular weight excluding hydrogens is 320 g/mol. The summed E-state index contributed by atoms with van der Waals surface area (Å²) in [5.74, 6) is -0.0898. The number of aromatic nitrogens is 2. The van der Waals surface area contributed by atoms with Gasteiger partial charge in [-0.25, -0.2) is 0 Å². The molecule has 134 valence electrons. The predicted octanol–water partition coefficient (Wildman–Crippen LogP) is 0.891. The summed E-state index contributed by atoms with van der Waals surface area (Å²) in [6, 6.07) is 7.65. The van der Waals surface area contributed by atoms with E-state index >= 15 is 0 Å². The smallest absolute Gasteiger partial charge is 0.254 e. The predicted molar refractivity (Wildman–Crippen MR) is 94.5 cm³/mol. The van der Waals surface area contributed by atoms with Gasteiger partial charge < -0.3 is 19.6 Å². The summed E-state index contributed by atoms with van der Waals surface area (Å²) in [6.45, 7) is 3.70. The number of hydrogen-bond acceptors (Lipinski definition) is 5. The molecule has 2 aromatic rings. The molecule has 1 N–H and O–H groups in total. The monoisotopic (exact) mass is 344 g/mol. The van der Waals surface area contributed by atoms with Crippen LogP contribution in [0.5, 0.6) is 0 Å². The molecule has 0 unspecified atom stereocenters. The Kier molecular flexibility index (Phi) is 5.67. The van der Waals surface area contributed by atoms with Crippen LogP contribution in [0.4, 0.5) is 5.69 Å². The van der Waals surface area contributed by atoms with Gasteiger partial charge >= 0.3 is 0 Å². The zero-order chi connectivity index (χ0) is 17.6. The fourth-order valence-corrected chi connectivity index (χ4v) is 2.99. The van der Waals surface area contributed by atoms with Crippen LogP contribution in [0.3, 0.4) is 0 Å². The van der Waals surface area contributed by atoms with Crippen LogP contribution < -0.4 is 4.90 Å². The number of benzene rings is 1. The number of ether oxygens (including phenoxy) is 1. The van der Waals surface area contributed by atoms with Crippen molar-refractivity contribution in [1.82, 2.24) is 14.7 Å². The van der Waals surface area contributed by atoms with Crippen LogP contribution in [-0.2, 0) is 18.3 Å². The number of hydrogen-bond donors (Lipinski definition) is 1. The summed E-state index contributed by atoms with van der Waals surface area (Å²) in [5, 5.41) is 13.5. The molecule has 7 heteroatoms. The van der Waals surface area contributed by atoms with Gasteiger partial charge in [0, 0.05) is 56.2 Å². The van der Waals surface area contributed by atoms with Gasteiger partial charge in [0.2, 0.25) is 0 Å². The van der Waals surface area contributed by atoms with Crippen molar-refractivity contribution in [2.75, 3.05) is 44.4 Å². The fourth-order valence-electron chi connectivity index (χ4n) is 2.99. The number of aliphatic hydroxyl groups excluding tert-OH is 1. The van der Waals surface area contributed by atoms with Gasteiger partial charge in [0.05, 0.1) is 26.0 Å². The Morgan fingerprint density at radius 2 is 2.16 bits per heavy atom. The van der Waals surface area contributed by atoms with E-state index in [-0.39, 0.29) is 19.1 Å². The van der Waals surface area contributed by atoms with E-state index in [4.69, 9.17) is 4.74 Å². The minimum Gasteiger partial charge on any atom is -0.395 e. The lowest BCUT2D eigenvalue weighted by atomic mass is 10.1. The SMILES string of the molecule is Cn1cc(CN(CCO)C(=O)c2cccc(N3CCOCC3)c2)cn1. The third kappa shape index (κ3) is 4.37. The molecule has 0 spiro atoms. The Morgan fingerprint density at radius 3 is 2.84 bits per heavy atom. The normalized spacial score (nSPS) is 14.6. The van der Waals surface area contributed by atoms with Gasteiger partial charge in [0.15, 0.2) is 0 Å². The highest BCUT2D eigenvalue weighted by molar-refractivity contribution is 5.95. The molecule has 1 aliphatic heterocycles. The van der Waals surface area contributed by atoms with Gasteiger partial charge in [-0.05, 0) is 18.2 Å². The quantitative estimate of drug-likeness (QED) is 0.843. The Morgan fingerprint density at radius 1 is 1.36 bits per heavy atom. The van der Waals surface area contributed by atoms with Crippen molar-refractivity contribution < 1.29 is 14.6 Å². The van der Waals surface area contributed by atoms with Gasteiger partial charge in [0.1, 0.15) is 0 Å². The average molecular weight is 344 g/mol. The lowest BCUT2D eigenvalue weighted by molar-refractivity contribution is 0.0708. The number of morpholine rings is 1. The first-order chi connectivity index (χ1) is 12.2. The zero-order valence-corrected chi connectivity index (χ0v) is 14.5. The average Bonchev–Trinajstić information content (AvgIpc) is 3.06. The van der Waals surface area contributed by atoms with Crippen LogP contribution in [0.15, 0.2) is 36.7 Å². The van der Waals surface area contributed by atoms with E-state index in [0.717, 1.165) is 24.3 Å². The first kappa shape index (κ1) is 17.4. The molecule has 1 amide bonds. The Labute approximate surface area is 147 Å². The standard InChI is InChI=1S/C18H24N4O3/c1-20-13-15(12-19-20)14-22(5-8-23)18(24)16-3-2-4-17(11-16)21-6-9-25-10-7-21/h2-4,11-13,23H,5-10,14H2,1H3. The Bertz CT molecular complexity index is 710. The van der Waals surface area contributed by atoms with Crippen molar-refractivity contribution >= 4 is 11.6 Å². The number of nitrogens with zero attached hydrogens (tertiary/aromatic N) is 4. The second-order valence-electron chi connectivity index (χ2n) is 6.12. The van der Waals surface area contributed by atoms with E-state index in [9.17, 15) is 9.90 Å². The number of anilines is 1. The maximum atomic E-state index is 12.9. The Hall–Kier alpha value is -2.38. The van der Waals surface area contributed by atoms with Crippen LogP contribution >= 0.6 is 0 Å². The largest absolute Gasteiger partial charge is 0.395 e. The fraction of sp³-hybridized carbons (Fsp3) is 0.444. The van der Waals surface area contributed by atoms with Crippen LogP contribution in [-0.4, -0.2) is 65.1 Å². The number of amides is 1. The van der Waals surface area contributed by atoms with E-state index in [1.54, 1.807) is 15.8 Å². The van der Waals surface area contributed by atoms with Crippen molar-refractivity contribution in [2.45, 2.75) is 6.54 Å². The first-order valence-electron chi connectivity index (χ1n) is 8.48. The van der Waals surface area contributed by atoms with Crippen molar-refractivity contribution in [3.05, 3.63) is 47.8 Å². The summed E-state index contributed by atoms with van der Waals surface area (Å²) in [6.07, 6.45) is 3.61. The summed E-state index contributed by atoms with van der Waals surface area (Å²) in [4.78, 5) is 16.8. The molecule has 0 bridgehead atoms. The highest BCUT2D eigenvalue weighted by atomic mass is 16.5. The number of carbonyl (C=O) groups is 1. The van der Waals surface area contributed by atoms with E-state index in [1.807, 2.05) is 37.5 Å². The molecule has 3 rings (SSSR count). The summed E-state index contributed by atoms with van der Waals surface area (Å²) in [7, 11) is 1.84. The van der Waals surface area contributed by atoms with Crippen LogP contribution in [0.25, 0.3) is 0 Å². The van der Waals surface area contributed by atoms with Crippen molar-refractivity contribution in [3.63, 3.8) is 0 Å². The Balaban J connectivity index is 1.76. The van der Waals surface area contributed by atoms with Gasteiger partial charge in [-0.15, -0.1) is 0 Å². The van der Waals surface area contributed by atoms with Crippen LogP contribution in [0.2, 0.25) is 0 Å². The molecule has 0 aliphatic carbocycles. The molecule has 1 aromatic heterocycles. The second kappa shape index (κ2) is 8.13. The number of carbonyl (C=O) groups excluding carboxylic acids is 1. The van der Waals surface area contributed by atoms with Crippen LogP contribution in [0.1, 0.15) is 15.9 Å². The zero-order valence-electron chi connectivity index (χ0n) is 14.5. The molecular formula is C18H24N4O3. The molecule has 1 aliphatic rings. The highest BCUT2D eigenvalue weighted by Gasteiger charge is 2.18. The summed E-state index contributed by atoms with van der Waals surface area (Å²) < 4.78 is 7.09.